The van der Waals surface area contributed by atoms with Crippen LogP contribution < -0.4 is 19.5 Å². The molecule has 0 radical (unpaired) electrons. The van der Waals surface area contributed by atoms with Crippen LogP contribution in [0.5, 0.6) is 17.2 Å². The molecule has 0 saturated carbocycles. The number of hydrogen-bond donors (Lipinski definition) is 1. The lowest BCUT2D eigenvalue weighted by Crippen LogP contribution is -2.38. The normalized spacial score (nSPS) is 11.5. The van der Waals surface area contributed by atoms with E-state index in [1.165, 1.54) is 5.56 Å². The molecule has 0 bridgehead atoms. The van der Waals surface area contributed by atoms with Crippen molar-refractivity contribution in [2.45, 2.75) is 26.9 Å². The molecule has 2 aromatic rings. The molecule has 1 atom stereocenters. The second-order valence-electron chi connectivity index (χ2n) is 5.82. The molecule has 0 saturated heterocycles. The molecule has 0 unspecified atom stereocenters. The summed E-state index contributed by atoms with van der Waals surface area (Å²) in [6.07, 6.45) is -0.570. The molecule has 0 heterocycles. The van der Waals surface area contributed by atoms with E-state index in [1.807, 2.05) is 50.2 Å². The van der Waals surface area contributed by atoms with E-state index in [9.17, 15) is 4.79 Å². The van der Waals surface area contributed by atoms with Crippen LogP contribution in [0.1, 0.15) is 18.1 Å². The molecule has 0 fully saturated rings. The minimum Gasteiger partial charge on any atom is -0.497 e. The Hall–Kier alpha value is -2.69. The summed E-state index contributed by atoms with van der Waals surface area (Å²) >= 11 is 0. The lowest BCUT2D eigenvalue weighted by molar-refractivity contribution is -0.127. The van der Waals surface area contributed by atoms with E-state index < -0.39 is 6.10 Å². The van der Waals surface area contributed by atoms with Crippen LogP contribution >= 0.6 is 0 Å². The molecule has 134 valence electrons. The van der Waals surface area contributed by atoms with Gasteiger partial charge in [-0.15, -0.1) is 0 Å². The molecule has 1 amide bonds. The van der Waals surface area contributed by atoms with Gasteiger partial charge in [0.1, 0.15) is 23.9 Å². The van der Waals surface area contributed by atoms with Gasteiger partial charge in [-0.05, 0) is 56.2 Å². The van der Waals surface area contributed by atoms with Crippen molar-refractivity contribution in [3.63, 3.8) is 0 Å². The van der Waals surface area contributed by atoms with Gasteiger partial charge in [-0.1, -0.05) is 12.1 Å². The molecule has 5 nitrogen and oxygen atoms in total. The van der Waals surface area contributed by atoms with E-state index in [2.05, 4.69) is 5.32 Å². The Balaban J connectivity index is 1.74. The average molecular weight is 343 g/mol. The van der Waals surface area contributed by atoms with Crippen LogP contribution in [0.4, 0.5) is 0 Å². The Morgan fingerprint density at radius 2 is 1.80 bits per heavy atom. The van der Waals surface area contributed by atoms with E-state index in [0.29, 0.717) is 24.7 Å². The molecule has 1 N–H and O–H groups in total. The van der Waals surface area contributed by atoms with Crippen molar-refractivity contribution in [2.24, 2.45) is 0 Å². The summed E-state index contributed by atoms with van der Waals surface area (Å²) in [5, 5.41) is 2.81. The largest absolute Gasteiger partial charge is 0.497 e. The summed E-state index contributed by atoms with van der Waals surface area (Å²) < 4.78 is 16.4. The molecule has 0 aliphatic carbocycles. The zero-order valence-electron chi connectivity index (χ0n) is 15.2. The third-order valence-corrected chi connectivity index (χ3v) is 3.87. The smallest absolute Gasteiger partial charge is 0.260 e. The molecule has 5 heteroatoms. The fraction of sp³-hybridized carbons (Fsp3) is 0.350. The molecular formula is C20H25NO4. The third kappa shape index (κ3) is 5.71. The standard InChI is InChI=1S/C20H25NO4/c1-14-8-9-19(12-15(14)2)25-16(3)20(22)21-10-11-24-18-7-5-6-17(13-18)23-4/h5-9,12-13,16H,10-11H2,1-4H3,(H,21,22)/t16-/m1/s1. The number of amides is 1. The van der Waals surface area contributed by atoms with Crippen molar-refractivity contribution in [3.8, 4) is 17.2 Å². The van der Waals surface area contributed by atoms with Crippen molar-refractivity contribution < 1.29 is 19.0 Å². The van der Waals surface area contributed by atoms with E-state index in [-0.39, 0.29) is 5.91 Å². The van der Waals surface area contributed by atoms with Crippen molar-refractivity contribution >= 4 is 5.91 Å². The lowest BCUT2D eigenvalue weighted by Gasteiger charge is -2.16. The van der Waals surface area contributed by atoms with Gasteiger partial charge in [-0.3, -0.25) is 4.79 Å². The Morgan fingerprint density at radius 3 is 2.52 bits per heavy atom. The minimum atomic E-state index is -0.570. The number of nitrogens with one attached hydrogen (secondary N) is 1. The topological polar surface area (TPSA) is 56.8 Å². The van der Waals surface area contributed by atoms with Crippen molar-refractivity contribution in [1.29, 1.82) is 0 Å². The number of methoxy groups -OCH3 is 1. The number of rotatable bonds is 8. The summed E-state index contributed by atoms with van der Waals surface area (Å²) in [7, 11) is 1.61. The van der Waals surface area contributed by atoms with Crippen molar-refractivity contribution in [3.05, 3.63) is 53.6 Å². The zero-order chi connectivity index (χ0) is 18.2. The van der Waals surface area contributed by atoms with Crippen molar-refractivity contribution in [1.82, 2.24) is 5.32 Å². The summed E-state index contributed by atoms with van der Waals surface area (Å²) in [5.41, 5.74) is 2.33. The first kappa shape index (κ1) is 18.6. The molecule has 25 heavy (non-hydrogen) atoms. The molecule has 0 spiro atoms. The van der Waals surface area contributed by atoms with Crippen LogP contribution in [0.3, 0.4) is 0 Å². The van der Waals surface area contributed by atoms with E-state index >= 15 is 0 Å². The monoisotopic (exact) mass is 343 g/mol. The zero-order valence-corrected chi connectivity index (χ0v) is 15.2. The summed E-state index contributed by atoms with van der Waals surface area (Å²) in [5.74, 6) is 1.95. The number of benzene rings is 2. The molecule has 0 aliphatic heterocycles. The Labute approximate surface area is 148 Å². The van der Waals surface area contributed by atoms with Gasteiger partial charge in [-0.2, -0.15) is 0 Å². The number of ether oxygens (including phenoxy) is 3. The van der Waals surface area contributed by atoms with Crippen LogP contribution in [-0.4, -0.2) is 32.3 Å². The van der Waals surface area contributed by atoms with Crippen LogP contribution in [0.25, 0.3) is 0 Å². The second kappa shape index (κ2) is 8.97. The highest BCUT2D eigenvalue weighted by atomic mass is 16.5. The van der Waals surface area contributed by atoms with Crippen LogP contribution in [0.2, 0.25) is 0 Å². The molecular weight excluding hydrogens is 318 g/mol. The number of carbonyl (C=O) groups excluding carboxylic acids is 1. The van der Waals surface area contributed by atoms with E-state index in [4.69, 9.17) is 14.2 Å². The highest BCUT2D eigenvalue weighted by Gasteiger charge is 2.14. The first-order chi connectivity index (χ1) is 12.0. The lowest BCUT2D eigenvalue weighted by atomic mass is 10.1. The van der Waals surface area contributed by atoms with Crippen LogP contribution in [0, 0.1) is 13.8 Å². The van der Waals surface area contributed by atoms with Crippen molar-refractivity contribution in [2.75, 3.05) is 20.3 Å². The molecule has 0 aliphatic rings. The predicted octanol–water partition coefficient (Wildman–Crippen LogP) is 3.27. The van der Waals surface area contributed by atoms with Gasteiger partial charge in [0.2, 0.25) is 0 Å². The van der Waals surface area contributed by atoms with Crippen LogP contribution in [0.15, 0.2) is 42.5 Å². The fourth-order valence-electron chi connectivity index (χ4n) is 2.22. The minimum absolute atomic E-state index is 0.174. The Bertz CT molecular complexity index is 715. The highest BCUT2D eigenvalue weighted by molar-refractivity contribution is 5.80. The average Bonchev–Trinajstić information content (AvgIpc) is 2.61. The summed E-state index contributed by atoms with van der Waals surface area (Å²) in [6.45, 7) is 6.56. The van der Waals surface area contributed by atoms with E-state index in [0.717, 1.165) is 11.3 Å². The number of hydrogen-bond acceptors (Lipinski definition) is 4. The fourth-order valence-corrected chi connectivity index (χ4v) is 2.22. The Morgan fingerprint density at radius 1 is 1.04 bits per heavy atom. The van der Waals surface area contributed by atoms with Gasteiger partial charge in [0.15, 0.2) is 6.10 Å². The second-order valence-corrected chi connectivity index (χ2v) is 5.82. The quantitative estimate of drug-likeness (QED) is 0.748. The van der Waals surface area contributed by atoms with Gasteiger partial charge in [-0.25, -0.2) is 0 Å². The number of carbonyl (C=O) groups is 1. The first-order valence-electron chi connectivity index (χ1n) is 8.28. The Kier molecular flexibility index (Phi) is 6.69. The van der Waals surface area contributed by atoms with Gasteiger partial charge in [0, 0.05) is 6.07 Å². The SMILES string of the molecule is COc1cccc(OCCNC(=O)[C@@H](C)Oc2ccc(C)c(C)c2)c1. The van der Waals surface area contributed by atoms with Gasteiger partial charge in [0.05, 0.1) is 13.7 Å². The van der Waals surface area contributed by atoms with E-state index in [1.54, 1.807) is 20.1 Å². The van der Waals surface area contributed by atoms with Gasteiger partial charge in [0.25, 0.3) is 5.91 Å². The third-order valence-electron chi connectivity index (χ3n) is 3.87. The molecule has 2 rings (SSSR count). The number of aryl methyl sites for hydroxylation is 2. The predicted molar refractivity (Wildman–Crippen MR) is 97.5 cm³/mol. The highest BCUT2D eigenvalue weighted by Crippen LogP contribution is 2.19. The summed E-state index contributed by atoms with van der Waals surface area (Å²) in [4.78, 5) is 12.1. The summed E-state index contributed by atoms with van der Waals surface area (Å²) in [6, 6.07) is 13.1. The first-order valence-corrected chi connectivity index (χ1v) is 8.28. The molecule has 0 aromatic heterocycles. The molecule has 2 aromatic carbocycles. The maximum Gasteiger partial charge on any atom is 0.260 e. The van der Waals surface area contributed by atoms with Gasteiger partial charge < -0.3 is 19.5 Å². The maximum atomic E-state index is 12.1. The van der Waals surface area contributed by atoms with Gasteiger partial charge >= 0.3 is 0 Å². The maximum absolute atomic E-state index is 12.1. The van der Waals surface area contributed by atoms with Crippen LogP contribution in [-0.2, 0) is 4.79 Å².